The maximum atomic E-state index is 12.2. The fraction of sp³-hybridized carbons (Fsp3) is 0.375. The lowest BCUT2D eigenvalue weighted by Crippen LogP contribution is -2.46. The molecule has 0 unspecified atom stereocenters. The van der Waals surface area contributed by atoms with Crippen molar-refractivity contribution in [2.24, 2.45) is 0 Å². The second-order valence-corrected chi connectivity index (χ2v) is 6.61. The van der Waals surface area contributed by atoms with E-state index in [1.165, 1.54) is 10.6 Å². The Morgan fingerprint density at radius 2 is 1.96 bits per heavy atom. The molecular formula is C16H18BrN5O2. The van der Waals surface area contributed by atoms with Gasteiger partial charge in [-0.05, 0) is 40.9 Å². The van der Waals surface area contributed by atoms with Crippen molar-refractivity contribution < 1.29 is 4.79 Å². The first-order valence-electron chi connectivity index (χ1n) is 7.79. The van der Waals surface area contributed by atoms with Gasteiger partial charge < -0.3 is 14.8 Å². The van der Waals surface area contributed by atoms with E-state index in [1.807, 2.05) is 0 Å². The number of nitrogens with zero attached hydrogens (tertiary/aromatic N) is 4. The zero-order valence-corrected chi connectivity index (χ0v) is 14.6. The number of amides is 1. The summed E-state index contributed by atoms with van der Waals surface area (Å²) in [4.78, 5) is 34.5. The van der Waals surface area contributed by atoms with E-state index in [1.54, 1.807) is 30.7 Å². The summed E-state index contributed by atoms with van der Waals surface area (Å²) in [6, 6.07) is 5.01. The first-order chi connectivity index (χ1) is 11.6. The van der Waals surface area contributed by atoms with Gasteiger partial charge in [0.15, 0.2) is 0 Å². The second-order valence-electron chi connectivity index (χ2n) is 5.69. The number of piperidine rings is 1. The van der Waals surface area contributed by atoms with Crippen LogP contribution in [0.15, 0.2) is 46.1 Å². The number of carbonyl (C=O) groups is 1. The molecule has 24 heavy (non-hydrogen) atoms. The Kier molecular flexibility index (Phi) is 5.24. The molecule has 1 amide bonds. The largest absolute Gasteiger partial charge is 0.352 e. The molecule has 0 aliphatic carbocycles. The molecule has 1 N–H and O–H groups in total. The summed E-state index contributed by atoms with van der Waals surface area (Å²) in [7, 11) is 0. The zero-order valence-electron chi connectivity index (χ0n) is 13.1. The number of hydrogen-bond donors (Lipinski definition) is 1. The molecular weight excluding hydrogens is 374 g/mol. The van der Waals surface area contributed by atoms with Crippen molar-refractivity contribution in [3.63, 3.8) is 0 Å². The molecule has 2 aromatic rings. The van der Waals surface area contributed by atoms with E-state index >= 15 is 0 Å². The summed E-state index contributed by atoms with van der Waals surface area (Å²) >= 11 is 3.30. The first-order valence-corrected chi connectivity index (χ1v) is 8.58. The van der Waals surface area contributed by atoms with Gasteiger partial charge in [0.2, 0.25) is 11.9 Å². The predicted octanol–water partition coefficient (Wildman–Crippen LogP) is 1.19. The lowest BCUT2D eigenvalue weighted by molar-refractivity contribution is -0.122. The molecule has 7 nitrogen and oxygen atoms in total. The third-order valence-electron chi connectivity index (χ3n) is 3.96. The highest BCUT2D eigenvalue weighted by Crippen LogP contribution is 2.15. The van der Waals surface area contributed by atoms with Crippen molar-refractivity contribution in [3.8, 4) is 0 Å². The molecule has 1 saturated heterocycles. The summed E-state index contributed by atoms with van der Waals surface area (Å²) in [6.45, 7) is 1.62. The molecule has 0 aromatic carbocycles. The quantitative estimate of drug-likeness (QED) is 0.846. The van der Waals surface area contributed by atoms with Gasteiger partial charge in [0.25, 0.3) is 5.56 Å². The molecule has 0 radical (unpaired) electrons. The van der Waals surface area contributed by atoms with Crippen molar-refractivity contribution >= 4 is 27.8 Å². The van der Waals surface area contributed by atoms with Gasteiger partial charge in [0.1, 0.15) is 6.54 Å². The van der Waals surface area contributed by atoms with Crippen LogP contribution in [0.4, 0.5) is 5.95 Å². The molecule has 3 rings (SSSR count). The Morgan fingerprint density at radius 1 is 1.25 bits per heavy atom. The van der Waals surface area contributed by atoms with Crippen LogP contribution in [0.5, 0.6) is 0 Å². The van der Waals surface area contributed by atoms with Crippen LogP contribution >= 0.6 is 15.9 Å². The monoisotopic (exact) mass is 391 g/mol. The lowest BCUT2D eigenvalue weighted by atomic mass is 10.1. The fourth-order valence-electron chi connectivity index (χ4n) is 2.73. The van der Waals surface area contributed by atoms with E-state index in [4.69, 9.17) is 0 Å². The molecule has 1 aliphatic heterocycles. The van der Waals surface area contributed by atoms with Crippen LogP contribution < -0.4 is 15.8 Å². The van der Waals surface area contributed by atoms with Gasteiger partial charge in [0.05, 0.1) is 0 Å². The Balaban J connectivity index is 1.51. The fourth-order valence-corrected chi connectivity index (χ4v) is 3.11. The van der Waals surface area contributed by atoms with E-state index in [9.17, 15) is 9.59 Å². The normalized spacial score (nSPS) is 15.3. The van der Waals surface area contributed by atoms with Crippen molar-refractivity contribution in [1.82, 2.24) is 19.9 Å². The van der Waals surface area contributed by atoms with Crippen LogP contribution in [0.25, 0.3) is 0 Å². The highest BCUT2D eigenvalue weighted by molar-refractivity contribution is 9.10. The van der Waals surface area contributed by atoms with Crippen LogP contribution in [0, 0.1) is 0 Å². The third-order valence-corrected chi connectivity index (χ3v) is 4.43. The van der Waals surface area contributed by atoms with Crippen LogP contribution in [0.2, 0.25) is 0 Å². The zero-order chi connectivity index (χ0) is 16.9. The van der Waals surface area contributed by atoms with Crippen molar-refractivity contribution in [2.75, 3.05) is 18.0 Å². The number of hydrogen-bond acceptors (Lipinski definition) is 5. The third kappa shape index (κ3) is 4.19. The SMILES string of the molecule is O=C(Cn1cc(Br)ccc1=O)NC1CCN(c2ncccn2)CC1. The van der Waals surface area contributed by atoms with Crippen molar-refractivity contribution in [2.45, 2.75) is 25.4 Å². The molecule has 126 valence electrons. The standard InChI is InChI=1S/C16H18BrN5O2/c17-12-2-3-15(24)22(10-12)11-14(23)20-13-4-8-21(9-5-13)16-18-6-1-7-19-16/h1-3,6-7,10,13H,4-5,8-9,11H2,(H,20,23). The Hall–Kier alpha value is -2.22. The summed E-state index contributed by atoms with van der Waals surface area (Å²) in [5, 5.41) is 3.00. The van der Waals surface area contributed by atoms with Crippen LogP contribution in [-0.4, -0.2) is 39.6 Å². The van der Waals surface area contributed by atoms with Crippen LogP contribution in [0.3, 0.4) is 0 Å². The van der Waals surface area contributed by atoms with Crippen molar-refractivity contribution in [1.29, 1.82) is 0 Å². The number of rotatable bonds is 4. The van der Waals surface area contributed by atoms with Gasteiger partial charge in [-0.1, -0.05) is 0 Å². The van der Waals surface area contributed by atoms with E-state index in [0.29, 0.717) is 0 Å². The molecule has 0 bridgehead atoms. The molecule has 3 heterocycles. The van der Waals surface area contributed by atoms with E-state index in [0.717, 1.165) is 36.4 Å². The number of carbonyl (C=O) groups excluding carboxylic acids is 1. The molecule has 0 spiro atoms. The topological polar surface area (TPSA) is 80.1 Å². The predicted molar refractivity (Wildman–Crippen MR) is 93.8 cm³/mol. The molecule has 1 aliphatic rings. The van der Waals surface area contributed by atoms with Gasteiger partial charge in [0, 0.05) is 48.3 Å². The smallest absolute Gasteiger partial charge is 0.251 e. The van der Waals surface area contributed by atoms with Gasteiger partial charge in [-0.25, -0.2) is 9.97 Å². The molecule has 8 heteroatoms. The average Bonchev–Trinajstić information content (AvgIpc) is 2.59. The summed E-state index contributed by atoms with van der Waals surface area (Å²) in [5.41, 5.74) is -0.190. The Morgan fingerprint density at radius 3 is 2.67 bits per heavy atom. The number of anilines is 1. The molecule has 2 aromatic heterocycles. The average molecular weight is 392 g/mol. The van der Waals surface area contributed by atoms with Gasteiger partial charge >= 0.3 is 0 Å². The van der Waals surface area contributed by atoms with Crippen LogP contribution in [0.1, 0.15) is 12.8 Å². The number of nitrogens with one attached hydrogen (secondary N) is 1. The Bertz CT molecular complexity index is 757. The Labute approximate surface area is 147 Å². The second kappa shape index (κ2) is 7.57. The first kappa shape index (κ1) is 16.6. The highest BCUT2D eigenvalue weighted by Gasteiger charge is 2.22. The summed E-state index contributed by atoms with van der Waals surface area (Å²) in [5.74, 6) is 0.576. The van der Waals surface area contributed by atoms with E-state index in [2.05, 4.69) is 36.1 Å². The number of halogens is 1. The minimum absolute atomic E-state index is 0.0281. The van der Waals surface area contributed by atoms with E-state index < -0.39 is 0 Å². The molecule has 0 saturated carbocycles. The number of aromatic nitrogens is 3. The van der Waals surface area contributed by atoms with E-state index in [-0.39, 0.29) is 24.1 Å². The minimum Gasteiger partial charge on any atom is -0.352 e. The van der Waals surface area contributed by atoms with Crippen LogP contribution in [-0.2, 0) is 11.3 Å². The van der Waals surface area contributed by atoms with Gasteiger partial charge in [-0.2, -0.15) is 0 Å². The lowest BCUT2D eigenvalue weighted by Gasteiger charge is -2.32. The van der Waals surface area contributed by atoms with Gasteiger partial charge in [-0.15, -0.1) is 0 Å². The molecule has 0 atom stereocenters. The summed E-state index contributed by atoms with van der Waals surface area (Å²) in [6.07, 6.45) is 6.74. The highest BCUT2D eigenvalue weighted by atomic mass is 79.9. The summed E-state index contributed by atoms with van der Waals surface area (Å²) < 4.78 is 2.16. The minimum atomic E-state index is -0.190. The maximum absolute atomic E-state index is 12.2. The maximum Gasteiger partial charge on any atom is 0.251 e. The van der Waals surface area contributed by atoms with Crippen molar-refractivity contribution in [3.05, 3.63) is 51.6 Å². The number of pyridine rings is 1. The van der Waals surface area contributed by atoms with Gasteiger partial charge in [-0.3, -0.25) is 9.59 Å². The molecule has 1 fully saturated rings.